The van der Waals surface area contributed by atoms with E-state index in [1.807, 2.05) is 0 Å². The number of carboxylic acids is 1. The highest BCUT2D eigenvalue weighted by atomic mass is 16.4. The van der Waals surface area contributed by atoms with Crippen molar-refractivity contribution in [2.24, 2.45) is 0 Å². The Kier molecular flexibility index (Phi) is 2.25. The smallest absolute Gasteiger partial charge is 0.303 e. The summed E-state index contributed by atoms with van der Waals surface area (Å²) >= 11 is 0. The molecule has 4 heteroatoms. The summed E-state index contributed by atoms with van der Waals surface area (Å²) < 4.78 is 5.06. The van der Waals surface area contributed by atoms with Crippen LogP contribution in [0.4, 0.5) is 0 Å². The molecular formula is C7H9NO3. The molecule has 1 N–H and O–H groups in total. The number of aromatic nitrogens is 1. The van der Waals surface area contributed by atoms with E-state index in [-0.39, 0.29) is 6.42 Å². The Morgan fingerprint density at radius 3 is 3.00 bits per heavy atom. The summed E-state index contributed by atoms with van der Waals surface area (Å²) in [5.41, 5.74) is 0. The van der Waals surface area contributed by atoms with Crippen LogP contribution in [0.15, 0.2) is 10.6 Å². The average molecular weight is 155 g/mol. The maximum Gasteiger partial charge on any atom is 0.303 e. The van der Waals surface area contributed by atoms with E-state index in [9.17, 15) is 4.79 Å². The number of rotatable bonds is 3. The number of hydrogen-bond acceptors (Lipinski definition) is 3. The molecule has 0 fully saturated rings. The van der Waals surface area contributed by atoms with Gasteiger partial charge in [0.05, 0.1) is 12.6 Å². The van der Waals surface area contributed by atoms with Crippen LogP contribution >= 0.6 is 0 Å². The molecule has 0 aliphatic rings. The van der Waals surface area contributed by atoms with Crippen LogP contribution in [0.2, 0.25) is 0 Å². The normalized spacial score (nSPS) is 9.91. The van der Waals surface area contributed by atoms with Crippen molar-refractivity contribution in [1.29, 1.82) is 0 Å². The molecule has 0 aliphatic heterocycles. The fraction of sp³-hybridized carbons (Fsp3) is 0.429. The van der Waals surface area contributed by atoms with Crippen molar-refractivity contribution < 1.29 is 14.3 Å². The third-order valence-corrected chi connectivity index (χ3v) is 1.25. The van der Waals surface area contributed by atoms with Crippen molar-refractivity contribution in [3.05, 3.63) is 17.8 Å². The Morgan fingerprint density at radius 1 is 1.82 bits per heavy atom. The number of nitrogens with zero attached hydrogens (tertiary/aromatic N) is 1. The molecule has 0 atom stereocenters. The SMILES string of the molecule is Cc1ncc(CCC(=O)O)o1. The lowest BCUT2D eigenvalue weighted by atomic mass is 10.3. The Hall–Kier alpha value is -1.32. The van der Waals surface area contributed by atoms with E-state index < -0.39 is 5.97 Å². The maximum absolute atomic E-state index is 10.1. The topological polar surface area (TPSA) is 63.3 Å². The van der Waals surface area contributed by atoms with Crippen LogP contribution in [0.1, 0.15) is 18.1 Å². The van der Waals surface area contributed by atoms with Gasteiger partial charge in [-0.1, -0.05) is 0 Å². The second kappa shape index (κ2) is 3.18. The van der Waals surface area contributed by atoms with E-state index in [0.29, 0.717) is 18.1 Å². The molecule has 1 aromatic rings. The highest BCUT2D eigenvalue weighted by Crippen LogP contribution is 2.04. The molecule has 0 aliphatic carbocycles. The van der Waals surface area contributed by atoms with Crippen LogP contribution < -0.4 is 0 Å². The molecule has 0 saturated carbocycles. The Balaban J connectivity index is 2.45. The zero-order valence-corrected chi connectivity index (χ0v) is 6.20. The van der Waals surface area contributed by atoms with Crippen LogP contribution in [0, 0.1) is 6.92 Å². The summed E-state index contributed by atoms with van der Waals surface area (Å²) in [5, 5.41) is 8.32. The highest BCUT2D eigenvalue weighted by molar-refractivity contribution is 5.66. The van der Waals surface area contributed by atoms with Crippen LogP contribution in [0.5, 0.6) is 0 Å². The molecule has 11 heavy (non-hydrogen) atoms. The molecule has 1 heterocycles. The lowest BCUT2D eigenvalue weighted by molar-refractivity contribution is -0.137. The molecule has 1 rings (SSSR count). The van der Waals surface area contributed by atoms with Gasteiger partial charge in [0.15, 0.2) is 5.89 Å². The third-order valence-electron chi connectivity index (χ3n) is 1.25. The first-order chi connectivity index (χ1) is 5.18. The van der Waals surface area contributed by atoms with Gasteiger partial charge in [-0.25, -0.2) is 4.98 Å². The van der Waals surface area contributed by atoms with Gasteiger partial charge in [0, 0.05) is 13.3 Å². The van der Waals surface area contributed by atoms with Crippen LogP contribution in [0.25, 0.3) is 0 Å². The van der Waals surface area contributed by atoms with E-state index in [1.54, 1.807) is 13.1 Å². The summed E-state index contributed by atoms with van der Waals surface area (Å²) in [7, 11) is 0. The number of aliphatic carboxylic acids is 1. The van der Waals surface area contributed by atoms with Crippen molar-refractivity contribution in [1.82, 2.24) is 4.98 Å². The van der Waals surface area contributed by atoms with E-state index in [2.05, 4.69) is 4.98 Å². The Labute approximate surface area is 63.9 Å². The summed E-state index contributed by atoms with van der Waals surface area (Å²) in [6.45, 7) is 1.73. The second-order valence-electron chi connectivity index (χ2n) is 2.24. The zero-order chi connectivity index (χ0) is 8.27. The first-order valence-electron chi connectivity index (χ1n) is 3.31. The molecule has 0 bridgehead atoms. The largest absolute Gasteiger partial charge is 0.481 e. The summed E-state index contributed by atoms with van der Waals surface area (Å²) in [4.78, 5) is 14.0. The molecule has 0 saturated heterocycles. The molecule has 60 valence electrons. The van der Waals surface area contributed by atoms with Gasteiger partial charge in [-0.2, -0.15) is 0 Å². The Bertz CT molecular complexity index is 254. The monoisotopic (exact) mass is 155 g/mol. The minimum atomic E-state index is -0.820. The molecule has 0 unspecified atom stereocenters. The van der Waals surface area contributed by atoms with Crippen LogP contribution in [0.3, 0.4) is 0 Å². The Morgan fingerprint density at radius 2 is 2.55 bits per heavy atom. The minimum Gasteiger partial charge on any atom is -0.481 e. The standard InChI is InChI=1S/C7H9NO3/c1-5-8-4-6(11-5)2-3-7(9)10/h4H,2-3H2,1H3,(H,9,10). The van der Waals surface area contributed by atoms with Crippen molar-refractivity contribution in [3.63, 3.8) is 0 Å². The number of oxazole rings is 1. The lowest BCUT2D eigenvalue weighted by Gasteiger charge is -1.89. The second-order valence-corrected chi connectivity index (χ2v) is 2.24. The predicted octanol–water partition coefficient (Wildman–Crippen LogP) is 1.00. The number of aryl methyl sites for hydroxylation is 2. The first-order valence-corrected chi connectivity index (χ1v) is 3.31. The van der Waals surface area contributed by atoms with E-state index >= 15 is 0 Å². The fourth-order valence-electron chi connectivity index (χ4n) is 0.751. The van der Waals surface area contributed by atoms with Crippen molar-refractivity contribution >= 4 is 5.97 Å². The summed E-state index contributed by atoms with van der Waals surface area (Å²) in [5.74, 6) is 0.384. The lowest BCUT2D eigenvalue weighted by Crippen LogP contribution is -1.96. The van der Waals surface area contributed by atoms with E-state index in [4.69, 9.17) is 9.52 Å². The first kappa shape index (κ1) is 7.78. The number of hydrogen-bond donors (Lipinski definition) is 1. The third kappa shape index (κ3) is 2.41. The van der Waals surface area contributed by atoms with Crippen LogP contribution in [-0.4, -0.2) is 16.1 Å². The van der Waals surface area contributed by atoms with Gasteiger partial charge in [0.1, 0.15) is 5.76 Å². The van der Waals surface area contributed by atoms with Crippen molar-refractivity contribution in [2.75, 3.05) is 0 Å². The molecule has 0 radical (unpaired) electrons. The van der Waals surface area contributed by atoms with Gasteiger partial charge >= 0.3 is 5.97 Å². The molecule has 0 amide bonds. The average Bonchev–Trinajstić information content (AvgIpc) is 2.31. The maximum atomic E-state index is 10.1. The van der Waals surface area contributed by atoms with Gasteiger partial charge < -0.3 is 9.52 Å². The quantitative estimate of drug-likeness (QED) is 0.707. The van der Waals surface area contributed by atoms with Gasteiger partial charge in [0.25, 0.3) is 0 Å². The molecular weight excluding hydrogens is 146 g/mol. The van der Waals surface area contributed by atoms with Crippen molar-refractivity contribution in [2.45, 2.75) is 19.8 Å². The van der Waals surface area contributed by atoms with Crippen LogP contribution in [-0.2, 0) is 11.2 Å². The molecule has 0 aromatic carbocycles. The highest BCUT2D eigenvalue weighted by Gasteiger charge is 2.02. The predicted molar refractivity (Wildman–Crippen MR) is 37.2 cm³/mol. The molecule has 0 spiro atoms. The number of carbonyl (C=O) groups is 1. The van der Waals surface area contributed by atoms with Gasteiger partial charge in [-0.3, -0.25) is 4.79 Å². The van der Waals surface area contributed by atoms with Gasteiger partial charge in [0.2, 0.25) is 0 Å². The van der Waals surface area contributed by atoms with Gasteiger partial charge in [-0.05, 0) is 0 Å². The number of carboxylic acid groups (broad SMARTS) is 1. The molecule has 1 aromatic heterocycles. The van der Waals surface area contributed by atoms with Crippen molar-refractivity contribution in [3.8, 4) is 0 Å². The zero-order valence-electron chi connectivity index (χ0n) is 6.20. The van der Waals surface area contributed by atoms with E-state index in [0.717, 1.165) is 0 Å². The van der Waals surface area contributed by atoms with Gasteiger partial charge in [-0.15, -0.1) is 0 Å². The summed E-state index contributed by atoms with van der Waals surface area (Å²) in [6, 6.07) is 0. The molecule has 4 nitrogen and oxygen atoms in total. The fourth-order valence-corrected chi connectivity index (χ4v) is 0.751. The minimum absolute atomic E-state index is 0.0919. The summed E-state index contributed by atoms with van der Waals surface area (Å²) in [6.07, 6.45) is 2.06. The van der Waals surface area contributed by atoms with E-state index in [1.165, 1.54) is 0 Å².